The molecule has 5 rings (SSSR count). The molecule has 0 unspecified atom stereocenters. The summed E-state index contributed by atoms with van der Waals surface area (Å²) < 4.78 is 44.1. The van der Waals surface area contributed by atoms with Gasteiger partial charge in [0.05, 0.1) is 12.2 Å². The summed E-state index contributed by atoms with van der Waals surface area (Å²) in [7, 11) is 0. The molecular weight excluding hydrogens is 453 g/mol. The summed E-state index contributed by atoms with van der Waals surface area (Å²) in [6, 6.07) is 8.28. The Morgan fingerprint density at radius 3 is 2.67 bits per heavy atom. The van der Waals surface area contributed by atoms with Crippen LogP contribution in [0.15, 0.2) is 60.4 Å². The highest BCUT2D eigenvalue weighted by Gasteiger charge is 2.47. The fourth-order valence-corrected chi connectivity index (χ4v) is 4.75. The van der Waals surface area contributed by atoms with E-state index in [-0.39, 0.29) is 17.8 Å². The molecule has 0 radical (unpaired) electrons. The minimum atomic E-state index is -4.49. The molecule has 1 amide bonds. The second-order valence-electron chi connectivity index (χ2n) is 7.70. The highest BCUT2D eigenvalue weighted by Crippen LogP contribution is 2.45. The maximum absolute atomic E-state index is 13.8. The highest BCUT2D eigenvalue weighted by atomic mass is 32.1. The lowest BCUT2D eigenvalue weighted by molar-refractivity contribution is -0.173. The number of aryl methyl sites for hydroxylation is 1. The molecule has 2 atom stereocenters. The number of rotatable bonds is 4. The Kier molecular flexibility index (Phi) is 5.20. The molecule has 0 bridgehead atoms. The molecule has 170 valence electrons. The lowest BCUT2D eigenvalue weighted by Gasteiger charge is -2.33. The first-order valence-corrected chi connectivity index (χ1v) is 11.0. The Morgan fingerprint density at radius 2 is 2.03 bits per heavy atom. The van der Waals surface area contributed by atoms with Gasteiger partial charge in [0.2, 0.25) is 0 Å². The van der Waals surface area contributed by atoms with Crippen LogP contribution in [0.3, 0.4) is 0 Å². The van der Waals surface area contributed by atoms with Gasteiger partial charge in [-0.05, 0) is 42.6 Å². The minimum Gasteiger partial charge on any atom is -0.362 e. The van der Waals surface area contributed by atoms with Crippen molar-refractivity contribution in [1.82, 2.24) is 19.3 Å². The zero-order valence-corrected chi connectivity index (χ0v) is 18.2. The van der Waals surface area contributed by atoms with E-state index >= 15 is 0 Å². The monoisotopic (exact) mass is 472 g/mol. The zero-order chi connectivity index (χ0) is 23.2. The molecule has 0 saturated heterocycles. The van der Waals surface area contributed by atoms with Crippen molar-refractivity contribution in [3.63, 3.8) is 0 Å². The Morgan fingerprint density at radius 1 is 1.24 bits per heavy atom. The zero-order valence-electron chi connectivity index (χ0n) is 17.4. The van der Waals surface area contributed by atoms with E-state index in [1.165, 1.54) is 17.5 Å². The highest BCUT2D eigenvalue weighted by molar-refractivity contribution is 7.10. The summed E-state index contributed by atoms with van der Waals surface area (Å²) in [6.45, 7) is 1.88. The van der Waals surface area contributed by atoms with Gasteiger partial charge in [-0.3, -0.25) is 4.79 Å². The van der Waals surface area contributed by atoms with E-state index in [1.54, 1.807) is 30.5 Å². The molecule has 3 aromatic heterocycles. The summed E-state index contributed by atoms with van der Waals surface area (Å²) in [6.07, 6.45) is 0.00639. The smallest absolute Gasteiger partial charge is 0.362 e. The first-order valence-electron chi connectivity index (χ1n) is 10.2. The molecule has 1 aromatic carbocycles. The minimum absolute atomic E-state index is 0.0556. The molecule has 2 N–H and O–H groups in total. The normalized spacial score (nSPS) is 17.9. The number of nitrogens with one attached hydrogen (secondary N) is 2. The van der Waals surface area contributed by atoms with Crippen molar-refractivity contribution in [2.24, 2.45) is 0 Å². The molecule has 0 spiro atoms. The number of fused-ring (bicyclic) bond motifs is 1. The number of benzene rings is 1. The van der Waals surface area contributed by atoms with Gasteiger partial charge in [0.15, 0.2) is 6.04 Å². The van der Waals surface area contributed by atoms with Crippen LogP contribution in [-0.2, 0) is 0 Å². The van der Waals surface area contributed by atoms with Crippen LogP contribution < -0.4 is 10.6 Å². The fourth-order valence-electron chi connectivity index (χ4n) is 3.96. The molecule has 1 aliphatic rings. The van der Waals surface area contributed by atoms with Gasteiger partial charge in [-0.2, -0.15) is 18.3 Å². The van der Waals surface area contributed by atoms with Crippen LogP contribution in [0.5, 0.6) is 0 Å². The number of alkyl halides is 3. The Labute approximate surface area is 190 Å². The lowest BCUT2D eigenvalue weighted by Crippen LogP contribution is -2.36. The Bertz CT molecular complexity index is 1280. The van der Waals surface area contributed by atoms with E-state index in [0.29, 0.717) is 5.69 Å². The van der Waals surface area contributed by atoms with Crippen molar-refractivity contribution in [3.8, 4) is 5.69 Å². The van der Waals surface area contributed by atoms with Gasteiger partial charge < -0.3 is 15.2 Å². The van der Waals surface area contributed by atoms with E-state index in [9.17, 15) is 18.0 Å². The lowest BCUT2D eigenvalue weighted by atomic mass is 10.0. The second-order valence-corrected chi connectivity index (χ2v) is 8.68. The van der Waals surface area contributed by atoms with Crippen LogP contribution in [0.2, 0.25) is 0 Å². The number of carbonyl (C=O) groups excluding carboxylic acids is 1. The third kappa shape index (κ3) is 3.99. The van der Waals surface area contributed by atoms with Crippen LogP contribution in [-0.4, -0.2) is 31.4 Å². The molecular formula is C22H19F3N6OS. The van der Waals surface area contributed by atoms with Crippen LogP contribution in [0.1, 0.15) is 39.6 Å². The number of halogens is 3. The number of nitrogens with zero attached hydrogens (tertiary/aromatic N) is 4. The molecule has 7 nitrogen and oxygen atoms in total. The number of thiophene rings is 1. The summed E-state index contributed by atoms with van der Waals surface area (Å²) in [5.74, 6) is 0.345. The van der Waals surface area contributed by atoms with Gasteiger partial charge in [-0.1, -0.05) is 6.07 Å². The van der Waals surface area contributed by atoms with Gasteiger partial charge in [-0.15, -0.1) is 11.3 Å². The van der Waals surface area contributed by atoms with E-state index in [2.05, 4.69) is 20.7 Å². The van der Waals surface area contributed by atoms with Crippen molar-refractivity contribution in [1.29, 1.82) is 0 Å². The first-order chi connectivity index (χ1) is 15.8. The van der Waals surface area contributed by atoms with E-state index < -0.39 is 24.2 Å². The quantitative estimate of drug-likeness (QED) is 0.420. The number of hydrogen-bond donors (Lipinski definition) is 2. The molecule has 0 aliphatic carbocycles. The van der Waals surface area contributed by atoms with E-state index in [4.69, 9.17) is 0 Å². The van der Waals surface area contributed by atoms with Gasteiger partial charge in [0, 0.05) is 35.1 Å². The molecule has 4 aromatic rings. The molecule has 1 aliphatic heterocycles. The topological polar surface area (TPSA) is 76.8 Å². The fraction of sp³-hybridized carbons (Fsp3) is 0.227. The Hall–Kier alpha value is -3.60. The maximum atomic E-state index is 13.8. The number of carbonyl (C=O) groups is 1. The summed E-state index contributed by atoms with van der Waals surface area (Å²) in [4.78, 5) is 17.9. The first kappa shape index (κ1) is 21.3. The molecule has 33 heavy (non-hydrogen) atoms. The molecule has 0 saturated carbocycles. The van der Waals surface area contributed by atoms with Gasteiger partial charge in [0.1, 0.15) is 17.2 Å². The van der Waals surface area contributed by atoms with E-state index in [0.717, 1.165) is 21.1 Å². The summed E-state index contributed by atoms with van der Waals surface area (Å²) in [5, 5.41) is 11.6. The predicted octanol–water partition coefficient (Wildman–Crippen LogP) is 5.35. The van der Waals surface area contributed by atoms with Gasteiger partial charge >= 0.3 is 6.18 Å². The van der Waals surface area contributed by atoms with Gasteiger partial charge in [0.25, 0.3) is 5.91 Å². The average Bonchev–Trinajstić information content (AvgIpc) is 3.53. The van der Waals surface area contributed by atoms with Crippen LogP contribution in [0.4, 0.5) is 24.7 Å². The third-order valence-corrected chi connectivity index (χ3v) is 6.58. The largest absolute Gasteiger partial charge is 0.410 e. The molecule has 11 heteroatoms. The second kappa shape index (κ2) is 8.07. The van der Waals surface area contributed by atoms with Crippen LogP contribution >= 0.6 is 11.3 Å². The molecule has 0 fully saturated rings. The van der Waals surface area contributed by atoms with Crippen LogP contribution in [0.25, 0.3) is 5.69 Å². The number of amides is 1. The van der Waals surface area contributed by atoms with Crippen molar-refractivity contribution >= 4 is 28.7 Å². The van der Waals surface area contributed by atoms with Crippen molar-refractivity contribution in [2.75, 3.05) is 10.6 Å². The SMILES string of the molecule is Cc1nccn1-c1ccc(NC(=O)c2cnn3c2N[C@@H](c2cccs2)C[C@@H]3C(F)(F)F)cc1. The van der Waals surface area contributed by atoms with E-state index in [1.807, 2.05) is 35.2 Å². The Balaban J connectivity index is 1.41. The number of aromatic nitrogens is 4. The maximum Gasteiger partial charge on any atom is 0.410 e. The van der Waals surface area contributed by atoms with Gasteiger partial charge in [-0.25, -0.2) is 9.67 Å². The average molecular weight is 472 g/mol. The number of hydrogen-bond acceptors (Lipinski definition) is 5. The predicted molar refractivity (Wildman–Crippen MR) is 119 cm³/mol. The van der Waals surface area contributed by atoms with Crippen molar-refractivity contribution in [3.05, 3.63) is 76.6 Å². The van der Waals surface area contributed by atoms with Crippen LogP contribution in [0, 0.1) is 6.92 Å². The number of anilines is 2. The standard InChI is InChI=1S/C22H19F3N6OS/c1-13-26-8-9-30(13)15-6-4-14(5-7-15)28-21(32)16-12-27-31-19(22(23,24)25)11-17(29-20(16)31)18-3-2-10-33-18/h2-10,12,17,19,29H,11H2,1H3,(H,28,32)/t17-,19-/m1/s1. The summed E-state index contributed by atoms with van der Waals surface area (Å²) in [5.41, 5.74) is 1.44. The van der Waals surface area contributed by atoms with Crippen molar-refractivity contribution < 1.29 is 18.0 Å². The summed E-state index contributed by atoms with van der Waals surface area (Å²) >= 11 is 1.37. The third-order valence-electron chi connectivity index (χ3n) is 5.60. The van der Waals surface area contributed by atoms with Crippen molar-refractivity contribution in [2.45, 2.75) is 31.6 Å². The number of imidazole rings is 1. The molecule has 4 heterocycles.